The van der Waals surface area contributed by atoms with Crippen molar-refractivity contribution in [1.82, 2.24) is 10.2 Å². The standard InChI is InChI=1S/C16H23N5O6/c1-10-7-21(11(2)18-16(10)23)14-6-12(19-20-17)13(27-14)8-26-15(22)9-25-5-4-24-3/h7,12-14H,2,4-6,8-9H2,1,3H3,(H,18,23). The van der Waals surface area contributed by atoms with Gasteiger partial charge >= 0.3 is 5.97 Å². The molecule has 2 aliphatic heterocycles. The van der Waals surface area contributed by atoms with Gasteiger partial charge in [0.2, 0.25) is 0 Å². The average molecular weight is 381 g/mol. The maximum Gasteiger partial charge on any atom is 0.332 e. The fourth-order valence-electron chi connectivity index (χ4n) is 2.63. The van der Waals surface area contributed by atoms with Crippen molar-refractivity contribution in [3.63, 3.8) is 0 Å². The topological polar surface area (TPSA) is 135 Å². The van der Waals surface area contributed by atoms with Gasteiger partial charge in [0.25, 0.3) is 5.91 Å². The van der Waals surface area contributed by atoms with Crippen LogP contribution in [-0.2, 0) is 28.5 Å². The lowest BCUT2D eigenvalue weighted by Crippen LogP contribution is -2.42. The number of carbonyl (C=O) groups is 2. The van der Waals surface area contributed by atoms with E-state index in [9.17, 15) is 9.59 Å². The van der Waals surface area contributed by atoms with E-state index >= 15 is 0 Å². The number of rotatable bonds is 9. The highest BCUT2D eigenvalue weighted by Crippen LogP contribution is 2.29. The molecule has 0 radical (unpaired) electrons. The summed E-state index contributed by atoms with van der Waals surface area (Å²) in [5.41, 5.74) is 9.27. The smallest absolute Gasteiger partial charge is 0.332 e. The number of hydrogen-bond donors (Lipinski definition) is 1. The quantitative estimate of drug-likeness (QED) is 0.205. The summed E-state index contributed by atoms with van der Waals surface area (Å²) < 4.78 is 20.9. The van der Waals surface area contributed by atoms with Crippen LogP contribution < -0.4 is 5.32 Å². The third-order valence-electron chi connectivity index (χ3n) is 4.04. The molecule has 11 heteroatoms. The molecule has 2 aliphatic rings. The van der Waals surface area contributed by atoms with Crippen LogP contribution in [0.2, 0.25) is 0 Å². The van der Waals surface area contributed by atoms with Crippen molar-refractivity contribution in [3.8, 4) is 0 Å². The Morgan fingerprint density at radius 2 is 2.33 bits per heavy atom. The molecular weight excluding hydrogens is 358 g/mol. The van der Waals surface area contributed by atoms with Crippen molar-refractivity contribution in [2.45, 2.75) is 31.7 Å². The van der Waals surface area contributed by atoms with Gasteiger partial charge in [-0.25, -0.2) is 4.79 Å². The number of nitrogens with zero attached hydrogens (tertiary/aromatic N) is 4. The second kappa shape index (κ2) is 9.93. The fourth-order valence-corrected chi connectivity index (χ4v) is 2.63. The van der Waals surface area contributed by atoms with Crippen molar-refractivity contribution in [2.75, 3.05) is 33.5 Å². The van der Waals surface area contributed by atoms with Gasteiger partial charge in [-0.05, 0) is 12.5 Å². The van der Waals surface area contributed by atoms with E-state index in [-0.39, 0.29) is 25.7 Å². The lowest BCUT2D eigenvalue weighted by molar-refractivity contribution is -0.154. The minimum Gasteiger partial charge on any atom is -0.461 e. The summed E-state index contributed by atoms with van der Waals surface area (Å²) in [5, 5.41) is 6.36. The highest BCUT2D eigenvalue weighted by molar-refractivity contribution is 5.94. The summed E-state index contributed by atoms with van der Waals surface area (Å²) in [7, 11) is 1.53. The number of amides is 1. The van der Waals surface area contributed by atoms with Crippen molar-refractivity contribution < 1.29 is 28.5 Å². The number of carbonyl (C=O) groups excluding carboxylic acids is 2. The molecule has 11 nitrogen and oxygen atoms in total. The number of hydrogen-bond acceptors (Lipinski definition) is 8. The molecule has 0 aliphatic carbocycles. The van der Waals surface area contributed by atoms with Crippen LogP contribution in [0.3, 0.4) is 0 Å². The summed E-state index contributed by atoms with van der Waals surface area (Å²) in [6.07, 6.45) is 0.852. The second-order valence-corrected chi connectivity index (χ2v) is 5.99. The summed E-state index contributed by atoms with van der Waals surface area (Å²) in [6.45, 7) is 5.83. The third-order valence-corrected chi connectivity index (χ3v) is 4.04. The first kappa shape index (κ1) is 20.7. The van der Waals surface area contributed by atoms with E-state index in [4.69, 9.17) is 24.5 Å². The minimum absolute atomic E-state index is 0.0813. The monoisotopic (exact) mass is 381 g/mol. The Morgan fingerprint density at radius 1 is 1.56 bits per heavy atom. The normalized spacial score (nSPS) is 24.9. The number of ether oxygens (including phenoxy) is 4. The summed E-state index contributed by atoms with van der Waals surface area (Å²) in [6, 6.07) is -0.527. The SMILES string of the molecule is C=C1NC(=O)C(C)=CN1C1CC(N=[N+]=[N-])C(COC(=O)COCCOC)O1. The molecule has 0 bridgehead atoms. The minimum atomic E-state index is -0.618. The maximum atomic E-state index is 11.7. The fraction of sp³-hybridized carbons (Fsp3) is 0.625. The highest BCUT2D eigenvalue weighted by Gasteiger charge is 2.39. The number of nitrogens with one attached hydrogen (secondary N) is 1. The molecule has 2 heterocycles. The molecule has 27 heavy (non-hydrogen) atoms. The molecule has 0 aromatic carbocycles. The Morgan fingerprint density at radius 3 is 3.04 bits per heavy atom. The lowest BCUT2D eigenvalue weighted by atomic mass is 10.1. The molecule has 1 N–H and O–H groups in total. The van der Waals surface area contributed by atoms with Gasteiger partial charge in [-0.15, -0.1) is 0 Å². The molecule has 1 saturated heterocycles. The zero-order valence-corrected chi connectivity index (χ0v) is 15.3. The van der Waals surface area contributed by atoms with Gasteiger partial charge in [0.05, 0.1) is 19.3 Å². The first-order valence-electron chi connectivity index (χ1n) is 8.35. The first-order valence-corrected chi connectivity index (χ1v) is 8.35. The summed E-state index contributed by atoms with van der Waals surface area (Å²) >= 11 is 0. The van der Waals surface area contributed by atoms with Gasteiger partial charge < -0.3 is 29.2 Å². The Balaban J connectivity index is 1.92. The molecular formula is C16H23N5O6. The molecule has 0 saturated carbocycles. The number of azide groups is 1. The molecule has 3 atom stereocenters. The Bertz CT molecular complexity index is 660. The van der Waals surface area contributed by atoms with Crippen LogP contribution in [0.15, 0.2) is 29.3 Å². The van der Waals surface area contributed by atoms with E-state index in [0.29, 0.717) is 24.4 Å². The van der Waals surface area contributed by atoms with Gasteiger partial charge in [-0.2, -0.15) is 0 Å². The Kier molecular flexibility index (Phi) is 7.62. The van der Waals surface area contributed by atoms with Crippen LogP contribution in [0.1, 0.15) is 13.3 Å². The van der Waals surface area contributed by atoms with E-state index < -0.39 is 24.3 Å². The summed E-state index contributed by atoms with van der Waals surface area (Å²) in [4.78, 5) is 27.9. The van der Waals surface area contributed by atoms with Crippen molar-refractivity contribution >= 4 is 11.9 Å². The largest absolute Gasteiger partial charge is 0.461 e. The predicted molar refractivity (Wildman–Crippen MR) is 92.7 cm³/mol. The van der Waals surface area contributed by atoms with Crippen molar-refractivity contribution in [1.29, 1.82) is 0 Å². The second-order valence-electron chi connectivity index (χ2n) is 5.99. The van der Waals surface area contributed by atoms with Crippen LogP contribution in [0.5, 0.6) is 0 Å². The molecule has 148 valence electrons. The highest BCUT2D eigenvalue weighted by atomic mass is 16.6. The molecule has 1 fully saturated rings. The molecule has 3 unspecified atom stereocenters. The Labute approximate surface area is 156 Å². The zero-order valence-electron chi connectivity index (χ0n) is 15.3. The van der Waals surface area contributed by atoms with Crippen LogP contribution in [0.25, 0.3) is 10.4 Å². The summed E-state index contributed by atoms with van der Waals surface area (Å²) in [5.74, 6) is -0.428. The number of methoxy groups -OCH3 is 1. The van der Waals surface area contributed by atoms with Gasteiger partial charge in [-0.3, -0.25) is 4.79 Å². The van der Waals surface area contributed by atoms with E-state index in [2.05, 4.69) is 21.9 Å². The van der Waals surface area contributed by atoms with E-state index in [1.54, 1.807) is 18.0 Å². The van der Waals surface area contributed by atoms with Gasteiger partial charge in [-0.1, -0.05) is 11.7 Å². The van der Waals surface area contributed by atoms with Crippen LogP contribution in [0.4, 0.5) is 0 Å². The maximum absolute atomic E-state index is 11.7. The lowest BCUT2D eigenvalue weighted by Gasteiger charge is -2.32. The first-order chi connectivity index (χ1) is 13.0. The van der Waals surface area contributed by atoms with E-state index in [0.717, 1.165) is 0 Å². The third kappa shape index (κ3) is 5.69. The van der Waals surface area contributed by atoms with Crippen molar-refractivity contribution in [3.05, 3.63) is 34.6 Å². The molecule has 1 amide bonds. The van der Waals surface area contributed by atoms with Crippen molar-refractivity contribution in [2.24, 2.45) is 5.11 Å². The van der Waals surface area contributed by atoms with E-state index in [1.165, 1.54) is 7.11 Å². The van der Waals surface area contributed by atoms with E-state index in [1.807, 2.05) is 0 Å². The molecule has 0 aromatic rings. The van der Waals surface area contributed by atoms with Crippen LogP contribution in [-0.4, -0.2) is 68.7 Å². The van der Waals surface area contributed by atoms with Gasteiger partial charge in [0.15, 0.2) is 0 Å². The molecule has 0 spiro atoms. The average Bonchev–Trinajstić information content (AvgIpc) is 3.03. The zero-order chi connectivity index (χ0) is 19.8. The van der Waals surface area contributed by atoms with Crippen LogP contribution in [0, 0.1) is 0 Å². The molecule has 0 aromatic heterocycles. The number of esters is 1. The Hall–Kier alpha value is -2.59. The van der Waals surface area contributed by atoms with Crippen LogP contribution >= 0.6 is 0 Å². The molecule has 2 rings (SSSR count). The van der Waals surface area contributed by atoms with Gasteiger partial charge in [0, 0.05) is 30.2 Å². The van der Waals surface area contributed by atoms with Gasteiger partial charge in [0.1, 0.15) is 31.4 Å². The predicted octanol–water partition coefficient (Wildman–Crippen LogP) is 0.793.